The molecular formula is C17H14BrN3O2. The van der Waals surface area contributed by atoms with Gasteiger partial charge in [0, 0.05) is 21.4 Å². The normalized spacial score (nSPS) is 26.6. The summed E-state index contributed by atoms with van der Waals surface area (Å²) in [5.74, 6) is -0.114. The number of oxime groups is 1. The van der Waals surface area contributed by atoms with Crippen LogP contribution in [-0.4, -0.2) is 22.9 Å². The number of carbonyl (C=O) groups is 1. The van der Waals surface area contributed by atoms with E-state index in [0.29, 0.717) is 5.71 Å². The first-order valence-electron chi connectivity index (χ1n) is 7.25. The molecule has 2 atom stereocenters. The average molecular weight is 372 g/mol. The van der Waals surface area contributed by atoms with Gasteiger partial charge in [0.05, 0.1) is 11.5 Å². The standard InChI is InChI=1S/C17H14BrN3O2/c1-17(11-7-6-9(18)8-13(11)20-16(17)22)15-14(21-23)10-4-2-3-5-12(10)19-15/h2-8,15,19,23H,1H3,(H,20,22)/b21-14-. The number of rotatable bonds is 1. The van der Waals surface area contributed by atoms with E-state index in [4.69, 9.17) is 0 Å². The van der Waals surface area contributed by atoms with Crippen LogP contribution in [0.5, 0.6) is 0 Å². The quantitative estimate of drug-likeness (QED) is 0.531. The molecule has 2 aliphatic rings. The van der Waals surface area contributed by atoms with E-state index in [1.807, 2.05) is 49.4 Å². The number of anilines is 2. The fourth-order valence-corrected chi connectivity index (χ4v) is 3.84. The fourth-order valence-electron chi connectivity index (χ4n) is 3.47. The highest BCUT2D eigenvalue weighted by Crippen LogP contribution is 2.45. The van der Waals surface area contributed by atoms with Crippen molar-refractivity contribution in [2.75, 3.05) is 10.6 Å². The minimum Gasteiger partial charge on any atom is -0.411 e. The first kappa shape index (κ1) is 14.3. The van der Waals surface area contributed by atoms with Gasteiger partial charge in [0.2, 0.25) is 5.91 Å². The van der Waals surface area contributed by atoms with E-state index in [2.05, 4.69) is 31.7 Å². The number of nitrogens with zero attached hydrogens (tertiary/aromatic N) is 1. The van der Waals surface area contributed by atoms with Gasteiger partial charge < -0.3 is 15.8 Å². The molecule has 0 saturated carbocycles. The van der Waals surface area contributed by atoms with Crippen LogP contribution in [0.3, 0.4) is 0 Å². The smallest absolute Gasteiger partial charge is 0.237 e. The third-order valence-corrected chi connectivity index (χ3v) is 5.22. The number of hydrogen-bond acceptors (Lipinski definition) is 4. The van der Waals surface area contributed by atoms with Crippen LogP contribution in [0.25, 0.3) is 0 Å². The molecule has 0 radical (unpaired) electrons. The summed E-state index contributed by atoms with van der Waals surface area (Å²) in [5.41, 5.74) is 2.97. The molecule has 1 amide bonds. The lowest BCUT2D eigenvalue weighted by atomic mass is 9.75. The summed E-state index contributed by atoms with van der Waals surface area (Å²) in [6.45, 7) is 1.87. The van der Waals surface area contributed by atoms with E-state index >= 15 is 0 Å². The van der Waals surface area contributed by atoms with Crippen molar-refractivity contribution >= 4 is 38.9 Å². The predicted molar refractivity (Wildman–Crippen MR) is 92.3 cm³/mol. The summed E-state index contributed by atoms with van der Waals surface area (Å²) in [4.78, 5) is 12.8. The summed E-state index contributed by atoms with van der Waals surface area (Å²) < 4.78 is 0.902. The molecule has 116 valence electrons. The number of nitrogens with one attached hydrogen (secondary N) is 2. The zero-order valence-corrected chi connectivity index (χ0v) is 13.9. The SMILES string of the molecule is CC1(C2Nc3ccccc3/C2=N/O)C(=O)Nc2cc(Br)ccc21. The molecule has 2 aromatic carbocycles. The van der Waals surface area contributed by atoms with Crippen molar-refractivity contribution in [2.24, 2.45) is 5.16 Å². The third-order valence-electron chi connectivity index (χ3n) is 4.72. The average Bonchev–Trinajstić information content (AvgIpc) is 3.03. The number of hydrogen-bond donors (Lipinski definition) is 3. The molecule has 5 nitrogen and oxygen atoms in total. The summed E-state index contributed by atoms with van der Waals surface area (Å²) in [7, 11) is 0. The number of amides is 1. The second kappa shape index (κ2) is 4.83. The van der Waals surface area contributed by atoms with Gasteiger partial charge in [-0.3, -0.25) is 4.79 Å². The summed E-state index contributed by atoms with van der Waals surface area (Å²) >= 11 is 3.42. The zero-order chi connectivity index (χ0) is 16.2. The maximum absolute atomic E-state index is 12.8. The summed E-state index contributed by atoms with van der Waals surface area (Å²) in [6.07, 6.45) is 0. The van der Waals surface area contributed by atoms with Gasteiger partial charge in [0.25, 0.3) is 0 Å². The molecule has 0 bridgehead atoms. The minimum atomic E-state index is -0.864. The highest BCUT2D eigenvalue weighted by molar-refractivity contribution is 9.10. The van der Waals surface area contributed by atoms with E-state index in [1.165, 1.54) is 0 Å². The molecule has 2 unspecified atom stereocenters. The molecule has 23 heavy (non-hydrogen) atoms. The van der Waals surface area contributed by atoms with E-state index < -0.39 is 11.5 Å². The van der Waals surface area contributed by atoms with Crippen molar-refractivity contribution < 1.29 is 10.0 Å². The topological polar surface area (TPSA) is 73.7 Å². The van der Waals surface area contributed by atoms with Gasteiger partial charge in [-0.05, 0) is 30.7 Å². The van der Waals surface area contributed by atoms with Gasteiger partial charge in [0.15, 0.2) is 0 Å². The first-order chi connectivity index (χ1) is 11.1. The Morgan fingerprint density at radius 3 is 2.78 bits per heavy atom. The molecule has 3 N–H and O–H groups in total. The lowest BCUT2D eigenvalue weighted by molar-refractivity contribution is -0.120. The van der Waals surface area contributed by atoms with Crippen LogP contribution >= 0.6 is 15.9 Å². The molecule has 0 fully saturated rings. The van der Waals surface area contributed by atoms with Crippen molar-refractivity contribution in [3.8, 4) is 0 Å². The Labute approximate surface area is 141 Å². The second-order valence-corrected chi connectivity index (χ2v) is 6.87. The second-order valence-electron chi connectivity index (χ2n) is 5.95. The zero-order valence-electron chi connectivity index (χ0n) is 12.3. The molecule has 0 spiro atoms. The number of carbonyl (C=O) groups excluding carboxylic acids is 1. The summed E-state index contributed by atoms with van der Waals surface area (Å²) in [6, 6.07) is 12.9. The van der Waals surface area contributed by atoms with Crippen LogP contribution < -0.4 is 10.6 Å². The minimum absolute atomic E-state index is 0.114. The summed E-state index contributed by atoms with van der Waals surface area (Å²) in [5, 5.41) is 19.3. The third kappa shape index (κ3) is 1.84. The molecule has 0 aliphatic carbocycles. The van der Waals surface area contributed by atoms with Gasteiger partial charge in [-0.15, -0.1) is 0 Å². The van der Waals surface area contributed by atoms with Crippen molar-refractivity contribution in [3.05, 3.63) is 58.1 Å². The van der Waals surface area contributed by atoms with Gasteiger partial charge in [-0.25, -0.2) is 0 Å². The van der Waals surface area contributed by atoms with E-state index in [-0.39, 0.29) is 5.91 Å². The molecule has 6 heteroatoms. The van der Waals surface area contributed by atoms with Gasteiger partial charge in [0.1, 0.15) is 5.71 Å². The Balaban J connectivity index is 1.87. The molecule has 2 aromatic rings. The lowest BCUT2D eigenvalue weighted by Gasteiger charge is -2.30. The van der Waals surface area contributed by atoms with Crippen LogP contribution in [0.4, 0.5) is 11.4 Å². The molecular weight excluding hydrogens is 358 g/mol. The highest BCUT2D eigenvalue weighted by atomic mass is 79.9. The van der Waals surface area contributed by atoms with Gasteiger partial charge in [-0.1, -0.05) is 45.4 Å². The maximum Gasteiger partial charge on any atom is 0.237 e. The molecule has 0 saturated heterocycles. The largest absolute Gasteiger partial charge is 0.411 e. The highest BCUT2D eigenvalue weighted by Gasteiger charge is 2.53. The van der Waals surface area contributed by atoms with Gasteiger partial charge in [-0.2, -0.15) is 0 Å². The fraction of sp³-hybridized carbons (Fsp3) is 0.176. The molecule has 2 aliphatic heterocycles. The number of fused-ring (bicyclic) bond motifs is 2. The number of halogens is 1. The van der Waals surface area contributed by atoms with Crippen LogP contribution in [0.1, 0.15) is 18.1 Å². The number of benzene rings is 2. The number of para-hydroxylation sites is 1. The Kier molecular flexibility index (Phi) is 2.99. The molecule has 0 aromatic heterocycles. The monoisotopic (exact) mass is 371 g/mol. The Morgan fingerprint density at radius 2 is 2.00 bits per heavy atom. The Hall–Kier alpha value is -2.34. The van der Waals surface area contributed by atoms with E-state index in [1.54, 1.807) is 0 Å². The lowest BCUT2D eigenvalue weighted by Crippen LogP contribution is -2.49. The van der Waals surface area contributed by atoms with Crippen LogP contribution in [0.15, 0.2) is 52.1 Å². The van der Waals surface area contributed by atoms with Crippen molar-refractivity contribution in [3.63, 3.8) is 0 Å². The van der Waals surface area contributed by atoms with E-state index in [0.717, 1.165) is 27.0 Å². The van der Waals surface area contributed by atoms with Crippen LogP contribution in [-0.2, 0) is 10.2 Å². The molecule has 2 heterocycles. The predicted octanol–water partition coefficient (Wildman–Crippen LogP) is 3.33. The van der Waals surface area contributed by atoms with Gasteiger partial charge >= 0.3 is 0 Å². The van der Waals surface area contributed by atoms with Crippen molar-refractivity contribution in [2.45, 2.75) is 18.4 Å². The Morgan fingerprint density at radius 1 is 1.22 bits per heavy atom. The maximum atomic E-state index is 12.8. The van der Waals surface area contributed by atoms with Crippen LogP contribution in [0, 0.1) is 0 Å². The van der Waals surface area contributed by atoms with Crippen molar-refractivity contribution in [1.82, 2.24) is 0 Å². The first-order valence-corrected chi connectivity index (χ1v) is 8.04. The van der Waals surface area contributed by atoms with E-state index in [9.17, 15) is 10.0 Å². The Bertz CT molecular complexity index is 865. The molecule has 4 rings (SSSR count). The van der Waals surface area contributed by atoms with Crippen molar-refractivity contribution in [1.29, 1.82) is 0 Å². The van der Waals surface area contributed by atoms with Crippen LogP contribution in [0.2, 0.25) is 0 Å².